The van der Waals surface area contributed by atoms with Crippen LogP contribution in [0.4, 0.5) is 19.5 Å². The highest BCUT2D eigenvalue weighted by Crippen LogP contribution is 2.44. The molecule has 2 aromatic carbocycles. The number of rotatable bonds is 8. The van der Waals surface area contributed by atoms with E-state index < -0.39 is 17.4 Å². The number of aromatic nitrogens is 3. The molecule has 0 radical (unpaired) electrons. The fourth-order valence-corrected chi connectivity index (χ4v) is 6.13. The number of ether oxygens (including phenoxy) is 2. The molecular weight excluding hydrogens is 604 g/mol. The zero-order chi connectivity index (χ0) is 33.3. The molecule has 9 nitrogen and oxygen atoms in total. The van der Waals surface area contributed by atoms with Crippen molar-refractivity contribution in [1.29, 1.82) is 0 Å². The van der Waals surface area contributed by atoms with Gasteiger partial charge in [-0.05, 0) is 75.2 Å². The average Bonchev–Trinajstić information content (AvgIpc) is 3.01. The first-order valence-electron chi connectivity index (χ1n) is 16.0. The Morgan fingerprint density at radius 3 is 2.60 bits per heavy atom. The van der Waals surface area contributed by atoms with Gasteiger partial charge in [-0.1, -0.05) is 30.3 Å². The summed E-state index contributed by atoms with van der Waals surface area (Å²) >= 11 is 0. The molecule has 2 fully saturated rings. The maximum Gasteiger partial charge on any atom is 0.410 e. The molecule has 1 N–H and O–H groups in total. The molecule has 4 aromatic rings. The second kappa shape index (κ2) is 12.8. The van der Waals surface area contributed by atoms with Crippen molar-refractivity contribution in [3.05, 3.63) is 72.1 Å². The summed E-state index contributed by atoms with van der Waals surface area (Å²) in [6.07, 6.45) is 3.99. The molecule has 246 valence electrons. The van der Waals surface area contributed by atoms with Crippen molar-refractivity contribution in [2.45, 2.75) is 77.4 Å². The predicted octanol–water partition coefficient (Wildman–Crippen LogP) is 7.76. The lowest BCUT2D eigenvalue weighted by molar-refractivity contribution is -0.147. The molecule has 1 aliphatic heterocycles. The van der Waals surface area contributed by atoms with Gasteiger partial charge >= 0.3 is 6.09 Å². The molecule has 6 rings (SSSR count). The van der Waals surface area contributed by atoms with Crippen LogP contribution in [-0.2, 0) is 16.0 Å². The molecule has 0 bridgehead atoms. The van der Waals surface area contributed by atoms with Crippen LogP contribution in [0.3, 0.4) is 0 Å². The zero-order valence-corrected chi connectivity index (χ0v) is 27.1. The monoisotopic (exact) mass is 643 g/mol. The van der Waals surface area contributed by atoms with Crippen molar-refractivity contribution in [2.75, 3.05) is 18.4 Å². The molecule has 1 saturated carbocycles. The molecular formula is C36H39F2N5O4. The number of ketones is 1. The van der Waals surface area contributed by atoms with Gasteiger partial charge in [-0.3, -0.25) is 4.79 Å². The van der Waals surface area contributed by atoms with E-state index in [0.29, 0.717) is 41.9 Å². The second-order valence-electron chi connectivity index (χ2n) is 13.5. The van der Waals surface area contributed by atoms with Crippen molar-refractivity contribution in [2.24, 2.45) is 5.92 Å². The van der Waals surface area contributed by atoms with Gasteiger partial charge < -0.3 is 19.7 Å². The van der Waals surface area contributed by atoms with E-state index in [1.165, 1.54) is 0 Å². The summed E-state index contributed by atoms with van der Waals surface area (Å²) in [4.78, 5) is 40.9. The fraction of sp³-hybridized carbons (Fsp3) is 0.417. The number of nitrogens with one attached hydrogen (secondary N) is 1. The van der Waals surface area contributed by atoms with Crippen LogP contribution in [0, 0.1) is 12.8 Å². The van der Waals surface area contributed by atoms with E-state index in [4.69, 9.17) is 14.5 Å². The van der Waals surface area contributed by atoms with Gasteiger partial charge in [-0.25, -0.2) is 28.5 Å². The van der Waals surface area contributed by atoms with Gasteiger partial charge in [0.2, 0.25) is 17.8 Å². The largest absolute Gasteiger partial charge is 0.444 e. The Labute approximate surface area is 272 Å². The minimum Gasteiger partial charge on any atom is -0.444 e. The summed E-state index contributed by atoms with van der Waals surface area (Å²) in [5.74, 6) is -2.15. The van der Waals surface area contributed by atoms with Gasteiger partial charge in [0.15, 0.2) is 0 Å². The van der Waals surface area contributed by atoms with Crippen molar-refractivity contribution < 1.29 is 27.8 Å². The molecule has 11 heteroatoms. The number of pyridine rings is 1. The maximum atomic E-state index is 13.4. The second-order valence-corrected chi connectivity index (χ2v) is 13.5. The molecule has 1 amide bonds. The Hall–Kier alpha value is -4.67. The van der Waals surface area contributed by atoms with Gasteiger partial charge in [0, 0.05) is 62.1 Å². The number of carbonyl (C=O) groups excluding carboxylic acids is 2. The third-order valence-electron chi connectivity index (χ3n) is 8.52. The van der Waals surface area contributed by atoms with E-state index in [2.05, 4.69) is 15.3 Å². The number of aryl methyl sites for hydroxylation is 1. The normalized spacial score (nSPS) is 18.0. The van der Waals surface area contributed by atoms with Gasteiger partial charge in [0.1, 0.15) is 17.1 Å². The topological polar surface area (TPSA) is 107 Å². The number of fused-ring (bicyclic) bond motifs is 1. The predicted molar refractivity (Wildman–Crippen MR) is 175 cm³/mol. The van der Waals surface area contributed by atoms with Gasteiger partial charge in [-0.15, -0.1) is 0 Å². The number of anilines is 1. The standard InChI is InChI=1S/C36H39F2N5O4/c1-22-12-13-26-23(18-30(44)24-19-36(37,38)20-24)8-5-10-27(26)31(22)46-32-28(11-6-15-39-32)29-14-16-40-33(42-29)41-25-9-7-17-43(21-25)34(45)47-35(2,3)4/h5-6,8,10-16,24-25H,7,9,17-21H2,1-4H3,(H,40,41,42)/t25-/m0/s1. The Balaban J connectivity index is 1.22. The van der Waals surface area contributed by atoms with Crippen LogP contribution < -0.4 is 10.1 Å². The van der Waals surface area contributed by atoms with E-state index in [9.17, 15) is 18.4 Å². The number of likely N-dealkylation sites (tertiary alicyclic amines) is 1. The van der Waals surface area contributed by atoms with Crippen LogP contribution in [0.5, 0.6) is 11.6 Å². The minimum absolute atomic E-state index is 0.0451. The van der Waals surface area contributed by atoms with Crippen LogP contribution in [0.2, 0.25) is 0 Å². The number of hydrogen-bond donors (Lipinski definition) is 1. The summed E-state index contributed by atoms with van der Waals surface area (Å²) in [7, 11) is 0. The first-order valence-corrected chi connectivity index (χ1v) is 16.0. The summed E-state index contributed by atoms with van der Waals surface area (Å²) in [5, 5.41) is 5.00. The molecule has 0 spiro atoms. The van der Waals surface area contributed by atoms with Crippen LogP contribution in [0.15, 0.2) is 60.9 Å². The first-order chi connectivity index (χ1) is 22.3. The molecule has 1 atom stereocenters. The van der Waals surface area contributed by atoms with Gasteiger partial charge in [0.25, 0.3) is 0 Å². The van der Waals surface area contributed by atoms with Crippen LogP contribution >= 0.6 is 0 Å². The SMILES string of the molecule is Cc1ccc2c(CC(=O)C3CC(F)(F)C3)cccc2c1Oc1ncccc1-c1ccnc(N[C@H]2CCCN(C(=O)OC(C)(C)C)C2)n1. The van der Waals surface area contributed by atoms with Crippen molar-refractivity contribution in [3.8, 4) is 22.9 Å². The number of Topliss-reactive ketones (excluding diaryl/α,β-unsaturated/α-hetero) is 1. The molecule has 3 heterocycles. The highest BCUT2D eigenvalue weighted by atomic mass is 19.3. The van der Waals surface area contributed by atoms with E-state index in [1.54, 1.807) is 29.4 Å². The maximum absolute atomic E-state index is 13.4. The number of hydrogen-bond acceptors (Lipinski definition) is 8. The van der Waals surface area contributed by atoms with Crippen molar-refractivity contribution in [3.63, 3.8) is 0 Å². The van der Waals surface area contributed by atoms with Gasteiger partial charge in [-0.2, -0.15) is 0 Å². The molecule has 0 unspecified atom stereocenters. The zero-order valence-electron chi connectivity index (χ0n) is 27.1. The molecule has 2 aromatic heterocycles. The number of halogens is 2. The Morgan fingerprint density at radius 1 is 1.02 bits per heavy atom. The number of nitrogens with zero attached hydrogens (tertiary/aromatic N) is 4. The lowest BCUT2D eigenvalue weighted by Crippen LogP contribution is -2.47. The fourth-order valence-electron chi connectivity index (χ4n) is 6.13. The Kier molecular flexibility index (Phi) is 8.82. The van der Waals surface area contributed by atoms with Crippen LogP contribution in [-0.4, -0.2) is 62.4 Å². The highest BCUT2D eigenvalue weighted by molar-refractivity contribution is 5.96. The van der Waals surface area contributed by atoms with E-state index in [1.807, 2.05) is 64.1 Å². The lowest BCUT2D eigenvalue weighted by Gasteiger charge is -2.34. The summed E-state index contributed by atoms with van der Waals surface area (Å²) in [6, 6.07) is 14.9. The number of carbonyl (C=O) groups is 2. The minimum atomic E-state index is -2.74. The number of alkyl halides is 2. The third kappa shape index (κ3) is 7.50. The van der Waals surface area contributed by atoms with Crippen LogP contribution in [0.1, 0.15) is 57.6 Å². The molecule has 2 aliphatic rings. The van der Waals surface area contributed by atoms with Crippen LogP contribution in [0.25, 0.3) is 22.0 Å². The van der Waals surface area contributed by atoms with E-state index in [0.717, 1.165) is 34.7 Å². The molecule has 1 saturated heterocycles. The number of benzene rings is 2. The first kappa shape index (κ1) is 32.3. The molecule has 1 aliphatic carbocycles. The Bertz CT molecular complexity index is 1800. The van der Waals surface area contributed by atoms with Crippen molar-refractivity contribution in [1.82, 2.24) is 19.9 Å². The van der Waals surface area contributed by atoms with E-state index >= 15 is 0 Å². The van der Waals surface area contributed by atoms with E-state index in [-0.39, 0.29) is 37.2 Å². The summed E-state index contributed by atoms with van der Waals surface area (Å²) < 4.78 is 38.9. The Morgan fingerprint density at radius 2 is 1.83 bits per heavy atom. The quantitative estimate of drug-likeness (QED) is 0.208. The smallest absolute Gasteiger partial charge is 0.410 e. The van der Waals surface area contributed by atoms with Crippen molar-refractivity contribution >= 4 is 28.6 Å². The highest BCUT2D eigenvalue weighted by Gasteiger charge is 2.48. The number of piperidine rings is 1. The average molecular weight is 644 g/mol. The number of amides is 1. The summed E-state index contributed by atoms with van der Waals surface area (Å²) in [5.41, 5.74) is 2.33. The van der Waals surface area contributed by atoms with Gasteiger partial charge in [0.05, 0.1) is 11.3 Å². The lowest BCUT2D eigenvalue weighted by atomic mass is 9.77. The summed E-state index contributed by atoms with van der Waals surface area (Å²) in [6.45, 7) is 8.60. The third-order valence-corrected chi connectivity index (χ3v) is 8.52. The molecule has 47 heavy (non-hydrogen) atoms.